The number of thioether (sulfide) groups is 1. The van der Waals surface area contributed by atoms with Crippen LogP contribution in [0.25, 0.3) is 0 Å². The maximum absolute atomic E-state index is 12.6. The summed E-state index contributed by atoms with van der Waals surface area (Å²) in [7, 11) is 1.21. The number of rotatable bonds is 4. The third kappa shape index (κ3) is 3.57. The van der Waals surface area contributed by atoms with Gasteiger partial charge < -0.3 is 9.47 Å². The first-order valence-corrected chi connectivity index (χ1v) is 4.11. The smallest absolute Gasteiger partial charge is 0.394 e. The Hall–Kier alpha value is -0.990. The molecule has 0 atom stereocenters. The van der Waals surface area contributed by atoms with E-state index in [1.165, 1.54) is 0 Å². The summed E-state index contributed by atoms with van der Waals surface area (Å²) >= 11 is -1.45. The van der Waals surface area contributed by atoms with Crippen molar-refractivity contribution in [3.8, 4) is 0 Å². The van der Waals surface area contributed by atoms with Crippen molar-refractivity contribution < 1.29 is 36.6 Å². The fourth-order valence-electron chi connectivity index (χ4n) is 0.482. The molecule has 88 valence electrons. The summed E-state index contributed by atoms with van der Waals surface area (Å²) in [4.78, 5) is 20.7. The highest BCUT2D eigenvalue weighted by Crippen LogP contribution is 2.43. The van der Waals surface area contributed by atoms with Crippen LogP contribution in [0.3, 0.4) is 0 Å². The summed E-state index contributed by atoms with van der Waals surface area (Å²) in [6, 6.07) is 0. The van der Waals surface area contributed by atoms with Gasteiger partial charge in [-0.05, 0) is 0 Å². The highest BCUT2D eigenvalue weighted by molar-refractivity contribution is 8.02. The Labute approximate surface area is 85.9 Å². The molecule has 0 aromatic carbocycles. The minimum Gasteiger partial charge on any atom is -0.464 e. The molecule has 0 spiro atoms. The molecule has 0 aromatic rings. The van der Waals surface area contributed by atoms with E-state index in [1.54, 1.807) is 0 Å². The number of ether oxygens (including phenoxy) is 2. The summed E-state index contributed by atoms with van der Waals surface area (Å²) in [5.74, 6) is -4.34. The van der Waals surface area contributed by atoms with Gasteiger partial charge in [0.15, 0.2) is 0 Å². The zero-order valence-electron chi connectivity index (χ0n) is 7.55. The monoisotopic (exact) mass is 250 g/mol. The Morgan fingerprint density at radius 1 is 0.933 bits per heavy atom. The van der Waals surface area contributed by atoms with Crippen molar-refractivity contribution >= 4 is 23.7 Å². The van der Waals surface area contributed by atoms with E-state index in [0.29, 0.717) is 14.2 Å². The van der Waals surface area contributed by atoms with Crippen LogP contribution in [0.1, 0.15) is 0 Å². The summed E-state index contributed by atoms with van der Waals surface area (Å²) in [5, 5.41) is -9.04. The average Bonchev–Trinajstić information content (AvgIpc) is 2.13. The number of alkyl halides is 4. The number of carbonyl (C=O) groups is 2. The molecule has 9 heteroatoms. The number of hydrogen-bond acceptors (Lipinski definition) is 5. The van der Waals surface area contributed by atoms with Crippen LogP contribution >= 0.6 is 11.8 Å². The van der Waals surface area contributed by atoms with Crippen LogP contribution < -0.4 is 0 Å². The molecule has 0 saturated heterocycles. The molecular weight excluding hydrogens is 244 g/mol. The van der Waals surface area contributed by atoms with Gasteiger partial charge in [-0.25, -0.2) is 9.59 Å². The Morgan fingerprint density at radius 2 is 1.20 bits per heavy atom. The third-order valence-corrected chi connectivity index (χ3v) is 1.95. The second-order valence-electron chi connectivity index (χ2n) is 2.12. The zero-order valence-corrected chi connectivity index (χ0v) is 8.37. The lowest BCUT2D eigenvalue weighted by molar-refractivity contribution is -0.160. The first-order valence-electron chi connectivity index (χ1n) is 3.30. The SMILES string of the molecule is COC(=O)C(F)(F)SC(F)(F)C(=O)OC. The Balaban J connectivity index is 4.71. The molecule has 0 N–H and O–H groups in total. The van der Waals surface area contributed by atoms with Gasteiger partial charge in [-0.1, -0.05) is 0 Å². The standard InChI is InChI=1S/C6H6F4O4S/c1-13-3(11)5(7,8)15-6(9,10)4(12)14-2/h1-2H3. The summed E-state index contributed by atoms with van der Waals surface area (Å²) in [5.41, 5.74) is 0. The lowest BCUT2D eigenvalue weighted by Gasteiger charge is -2.18. The topological polar surface area (TPSA) is 52.6 Å². The first-order chi connectivity index (χ1) is 6.67. The molecule has 0 rings (SSSR count). The van der Waals surface area contributed by atoms with Crippen molar-refractivity contribution in [2.75, 3.05) is 14.2 Å². The quantitative estimate of drug-likeness (QED) is 0.555. The molecule has 0 unspecified atom stereocenters. The van der Waals surface area contributed by atoms with E-state index in [4.69, 9.17) is 0 Å². The van der Waals surface area contributed by atoms with Gasteiger partial charge in [-0.2, -0.15) is 17.6 Å². The molecule has 0 radical (unpaired) electrons. The van der Waals surface area contributed by atoms with Gasteiger partial charge >= 0.3 is 22.4 Å². The fraction of sp³-hybridized carbons (Fsp3) is 0.667. The van der Waals surface area contributed by atoms with Crippen molar-refractivity contribution in [1.82, 2.24) is 0 Å². The third-order valence-electron chi connectivity index (χ3n) is 1.10. The van der Waals surface area contributed by atoms with E-state index >= 15 is 0 Å². The summed E-state index contributed by atoms with van der Waals surface area (Å²) in [6.45, 7) is 0. The number of hydrogen-bond donors (Lipinski definition) is 0. The molecule has 0 heterocycles. The van der Waals surface area contributed by atoms with E-state index in [9.17, 15) is 27.2 Å². The van der Waals surface area contributed by atoms with Crippen LogP contribution in [0.15, 0.2) is 0 Å². The Bertz CT molecular complexity index is 242. The van der Waals surface area contributed by atoms with Crippen molar-refractivity contribution in [2.24, 2.45) is 0 Å². The van der Waals surface area contributed by atoms with Gasteiger partial charge in [0.25, 0.3) is 0 Å². The largest absolute Gasteiger partial charge is 0.464 e. The maximum Gasteiger partial charge on any atom is 0.394 e. The van der Waals surface area contributed by atoms with E-state index in [-0.39, 0.29) is 0 Å². The predicted octanol–water partition coefficient (Wildman–Crippen LogP) is 1.25. The van der Waals surface area contributed by atoms with E-state index in [1.807, 2.05) is 0 Å². The molecule has 0 aliphatic rings. The first kappa shape index (κ1) is 14.0. The van der Waals surface area contributed by atoms with Crippen molar-refractivity contribution in [3.63, 3.8) is 0 Å². The predicted molar refractivity (Wildman–Crippen MR) is 41.5 cm³/mol. The van der Waals surface area contributed by atoms with E-state index < -0.39 is 34.2 Å². The fourth-order valence-corrected chi connectivity index (χ4v) is 1.14. The van der Waals surface area contributed by atoms with Crippen LogP contribution in [0.5, 0.6) is 0 Å². The van der Waals surface area contributed by atoms with Crippen LogP contribution in [-0.2, 0) is 19.1 Å². The van der Waals surface area contributed by atoms with Crippen molar-refractivity contribution in [1.29, 1.82) is 0 Å². The van der Waals surface area contributed by atoms with Gasteiger partial charge in [-0.15, -0.1) is 0 Å². The average molecular weight is 250 g/mol. The number of carbonyl (C=O) groups excluding carboxylic acids is 2. The van der Waals surface area contributed by atoms with E-state index in [0.717, 1.165) is 0 Å². The molecule has 0 aromatic heterocycles. The Morgan fingerprint density at radius 3 is 1.40 bits per heavy atom. The molecule has 0 fully saturated rings. The molecule has 0 bridgehead atoms. The minimum atomic E-state index is -4.52. The Kier molecular flexibility index (Phi) is 4.38. The summed E-state index contributed by atoms with van der Waals surface area (Å²) < 4.78 is 57.6. The second-order valence-corrected chi connectivity index (χ2v) is 3.35. The van der Waals surface area contributed by atoms with Gasteiger partial charge in [-0.3, -0.25) is 0 Å². The van der Waals surface area contributed by atoms with Gasteiger partial charge in [0.2, 0.25) is 0 Å². The lowest BCUT2D eigenvalue weighted by atomic mass is 10.7. The van der Waals surface area contributed by atoms with Crippen LogP contribution in [0, 0.1) is 0 Å². The molecule has 0 aliphatic heterocycles. The zero-order chi connectivity index (χ0) is 12.3. The second kappa shape index (κ2) is 4.69. The lowest BCUT2D eigenvalue weighted by Crippen LogP contribution is -2.36. The van der Waals surface area contributed by atoms with Gasteiger partial charge in [0.05, 0.1) is 14.2 Å². The van der Waals surface area contributed by atoms with Gasteiger partial charge in [0.1, 0.15) is 0 Å². The molecule has 0 aliphatic carbocycles. The molecule has 4 nitrogen and oxygen atoms in total. The van der Waals surface area contributed by atoms with Crippen molar-refractivity contribution in [3.05, 3.63) is 0 Å². The summed E-state index contributed by atoms with van der Waals surface area (Å²) in [6.07, 6.45) is 0. The highest BCUT2D eigenvalue weighted by Gasteiger charge is 2.55. The normalized spacial score (nSPS) is 12.1. The number of methoxy groups -OCH3 is 2. The molecule has 15 heavy (non-hydrogen) atoms. The van der Waals surface area contributed by atoms with Crippen LogP contribution in [0.4, 0.5) is 17.6 Å². The molecule has 0 saturated carbocycles. The molecule has 0 amide bonds. The number of halogens is 4. The highest BCUT2D eigenvalue weighted by atomic mass is 32.2. The minimum absolute atomic E-state index is 0.604. The van der Waals surface area contributed by atoms with E-state index in [2.05, 4.69) is 9.47 Å². The number of esters is 2. The van der Waals surface area contributed by atoms with Crippen molar-refractivity contribution in [2.45, 2.75) is 10.5 Å². The van der Waals surface area contributed by atoms with Gasteiger partial charge in [0, 0.05) is 11.8 Å². The van der Waals surface area contributed by atoms with Crippen LogP contribution in [0.2, 0.25) is 0 Å². The van der Waals surface area contributed by atoms with Crippen LogP contribution in [-0.4, -0.2) is 36.7 Å². The molecular formula is C6H6F4O4S. The maximum atomic E-state index is 12.6.